The van der Waals surface area contributed by atoms with Gasteiger partial charge in [-0.15, -0.1) is 11.8 Å². The fraction of sp³-hybridized carbons (Fsp3) is 0.391. The van der Waals surface area contributed by atoms with Crippen LogP contribution in [0.1, 0.15) is 24.8 Å². The molecule has 0 unspecified atom stereocenters. The third-order valence-electron chi connectivity index (χ3n) is 4.57. The van der Waals surface area contributed by atoms with Crippen LogP contribution in [0.5, 0.6) is 11.5 Å². The van der Waals surface area contributed by atoms with E-state index in [1.54, 1.807) is 18.2 Å². The summed E-state index contributed by atoms with van der Waals surface area (Å²) in [5.74, 6) is 0.0837. The fourth-order valence-electron chi connectivity index (χ4n) is 2.93. The van der Waals surface area contributed by atoms with Crippen molar-refractivity contribution in [1.82, 2.24) is 0 Å². The molecule has 0 aliphatic heterocycles. The van der Waals surface area contributed by atoms with Crippen molar-refractivity contribution in [1.29, 1.82) is 0 Å². The Labute approximate surface area is 189 Å². The van der Waals surface area contributed by atoms with Gasteiger partial charge in [-0.25, -0.2) is 0 Å². The number of thioether (sulfide) groups is 1. The van der Waals surface area contributed by atoms with Gasteiger partial charge in [0.05, 0.1) is 37.3 Å². The summed E-state index contributed by atoms with van der Waals surface area (Å²) in [6.45, 7) is 0.726. The zero-order valence-electron chi connectivity index (χ0n) is 17.9. The number of carboxylic acid groups (broad SMARTS) is 1. The van der Waals surface area contributed by atoms with Crippen LogP contribution in [0.15, 0.2) is 58.6 Å². The van der Waals surface area contributed by atoms with E-state index in [1.807, 2.05) is 6.26 Å². The van der Waals surface area contributed by atoms with Crippen LogP contribution in [0, 0.1) is 0 Å². The number of ether oxygens (including phenoxy) is 2. The van der Waals surface area contributed by atoms with Crippen molar-refractivity contribution in [3.8, 4) is 11.5 Å². The first-order valence-corrected chi connectivity index (χ1v) is 11.2. The maximum atomic E-state index is 12.8. The van der Waals surface area contributed by atoms with Crippen LogP contribution < -0.4 is 9.47 Å². The van der Waals surface area contributed by atoms with Gasteiger partial charge in [0, 0.05) is 0 Å². The minimum Gasteiger partial charge on any atom is -0.493 e. The number of halogens is 3. The Bertz CT molecular complexity index is 920. The zero-order chi connectivity index (χ0) is 23.6. The molecular formula is C23H26F3NO4S. The van der Waals surface area contributed by atoms with Crippen molar-refractivity contribution >= 4 is 22.8 Å². The molecule has 1 aromatic carbocycles. The Hall–Kier alpha value is -2.68. The second-order valence-electron chi connectivity index (χ2n) is 6.97. The Morgan fingerprint density at radius 1 is 1.25 bits per heavy atom. The number of carbonyl (C=O) groups is 1. The lowest BCUT2D eigenvalue weighted by atomic mass is 10.1. The van der Waals surface area contributed by atoms with Crippen molar-refractivity contribution in [2.75, 3.05) is 26.5 Å². The number of nitrogens with zero attached hydrogens (tertiary/aromatic N) is 1. The van der Waals surface area contributed by atoms with Crippen LogP contribution >= 0.6 is 11.8 Å². The van der Waals surface area contributed by atoms with E-state index in [0.717, 1.165) is 22.8 Å². The summed E-state index contributed by atoms with van der Waals surface area (Å²) in [7, 11) is 1.52. The number of hydrogen-bond donors (Lipinski definition) is 1. The molecule has 0 fully saturated rings. The third-order valence-corrected chi connectivity index (χ3v) is 5.38. The number of alkyl halides is 3. The van der Waals surface area contributed by atoms with E-state index < -0.39 is 17.7 Å². The molecule has 0 saturated carbocycles. The van der Waals surface area contributed by atoms with E-state index in [0.29, 0.717) is 49.5 Å². The molecule has 1 aliphatic carbocycles. The molecule has 174 valence electrons. The van der Waals surface area contributed by atoms with Crippen molar-refractivity contribution in [3.05, 3.63) is 59.2 Å². The molecule has 1 N–H and O–H groups in total. The van der Waals surface area contributed by atoms with E-state index >= 15 is 0 Å². The number of allylic oxidation sites excluding steroid dienone is 5. The van der Waals surface area contributed by atoms with Crippen molar-refractivity contribution < 1.29 is 32.5 Å². The lowest BCUT2D eigenvalue weighted by molar-refractivity contribution is -0.136. The molecule has 0 amide bonds. The molecule has 0 radical (unpaired) electrons. The summed E-state index contributed by atoms with van der Waals surface area (Å²) >= 11 is 1.50. The molecule has 1 aromatic rings. The average molecular weight is 470 g/mol. The van der Waals surface area contributed by atoms with E-state index in [-0.39, 0.29) is 6.42 Å². The van der Waals surface area contributed by atoms with Gasteiger partial charge in [0.25, 0.3) is 0 Å². The average Bonchev–Trinajstić information content (AvgIpc) is 2.99. The first-order valence-electron chi connectivity index (χ1n) is 9.95. The number of methoxy groups -OCH3 is 1. The van der Waals surface area contributed by atoms with Crippen molar-refractivity contribution in [2.45, 2.75) is 31.9 Å². The van der Waals surface area contributed by atoms with Crippen molar-refractivity contribution in [2.24, 2.45) is 4.99 Å². The lowest BCUT2D eigenvalue weighted by Crippen LogP contribution is -2.09. The van der Waals surface area contributed by atoms with Crippen LogP contribution in [-0.4, -0.2) is 48.8 Å². The summed E-state index contributed by atoms with van der Waals surface area (Å²) < 4.78 is 49.5. The summed E-state index contributed by atoms with van der Waals surface area (Å²) in [5.41, 5.74) is 0.762. The maximum Gasteiger partial charge on any atom is 0.416 e. The van der Waals surface area contributed by atoms with Gasteiger partial charge in [0.2, 0.25) is 0 Å². The predicted molar refractivity (Wildman–Crippen MR) is 121 cm³/mol. The molecule has 0 atom stereocenters. The van der Waals surface area contributed by atoms with Crippen LogP contribution in [-0.2, 0) is 11.2 Å². The van der Waals surface area contributed by atoms with Crippen LogP contribution in [0.25, 0.3) is 0 Å². The first kappa shape index (κ1) is 25.6. The van der Waals surface area contributed by atoms with Gasteiger partial charge >= 0.3 is 12.1 Å². The quantitative estimate of drug-likeness (QED) is 0.274. The highest BCUT2D eigenvalue weighted by Gasteiger charge is 2.31. The molecule has 0 aromatic heterocycles. The minimum absolute atomic E-state index is 0.103. The van der Waals surface area contributed by atoms with Gasteiger partial charge in [-0.05, 0) is 54.9 Å². The number of benzene rings is 1. The molecule has 2 rings (SSSR count). The van der Waals surface area contributed by atoms with Crippen LogP contribution in [0.3, 0.4) is 0 Å². The van der Waals surface area contributed by atoms with E-state index in [2.05, 4.69) is 4.99 Å². The molecule has 0 saturated heterocycles. The number of rotatable bonds is 10. The van der Waals surface area contributed by atoms with Gasteiger partial charge in [-0.2, -0.15) is 13.2 Å². The second kappa shape index (κ2) is 12.4. The smallest absolute Gasteiger partial charge is 0.416 e. The van der Waals surface area contributed by atoms with Gasteiger partial charge in [0.15, 0.2) is 11.5 Å². The van der Waals surface area contributed by atoms with Gasteiger partial charge < -0.3 is 14.6 Å². The normalized spacial score (nSPS) is 14.5. The summed E-state index contributed by atoms with van der Waals surface area (Å²) in [5, 5.41) is 9.83. The third kappa shape index (κ3) is 8.45. The molecule has 5 nitrogen and oxygen atoms in total. The second-order valence-corrected chi connectivity index (χ2v) is 7.85. The summed E-state index contributed by atoms with van der Waals surface area (Å²) in [6, 6.07) is 5.02. The first-order chi connectivity index (χ1) is 15.2. The standard InChI is InChI=1S/C23H26F3NO4S/c1-30-19-11-9-17(14-22(28)29)13-20(19)31-12-4-7-21(32-2)27-15-16-5-3-6-18(10-8-16)23(24,25)26/h3,6,8-11,13H,4-5,7,12,14-15H2,1-2H3,(H,28,29). The van der Waals surface area contributed by atoms with E-state index in [1.165, 1.54) is 31.0 Å². The van der Waals surface area contributed by atoms with Gasteiger partial charge in [0.1, 0.15) is 0 Å². The van der Waals surface area contributed by atoms with Crippen LogP contribution in [0.4, 0.5) is 13.2 Å². The van der Waals surface area contributed by atoms with Crippen LogP contribution in [0.2, 0.25) is 0 Å². The maximum absolute atomic E-state index is 12.8. The predicted octanol–water partition coefficient (Wildman–Crippen LogP) is 5.62. The SMILES string of the molecule is COc1ccc(CC(=O)O)cc1OCCCC(=NCC1=CC=C(C(F)(F)F)C=CC1)SC. The van der Waals surface area contributed by atoms with Gasteiger partial charge in [-0.1, -0.05) is 24.3 Å². The largest absolute Gasteiger partial charge is 0.493 e. The highest BCUT2D eigenvalue weighted by Crippen LogP contribution is 2.29. The lowest BCUT2D eigenvalue weighted by Gasteiger charge is -2.12. The molecule has 32 heavy (non-hydrogen) atoms. The van der Waals surface area contributed by atoms with Crippen molar-refractivity contribution in [3.63, 3.8) is 0 Å². The topological polar surface area (TPSA) is 68.1 Å². The Balaban J connectivity index is 1.90. The number of aliphatic imine (C=N–C) groups is 1. The Morgan fingerprint density at radius 3 is 2.69 bits per heavy atom. The van der Waals surface area contributed by atoms with Gasteiger partial charge in [-0.3, -0.25) is 9.79 Å². The number of hydrogen-bond acceptors (Lipinski definition) is 5. The van der Waals surface area contributed by atoms with E-state index in [9.17, 15) is 18.0 Å². The number of carboxylic acids is 1. The summed E-state index contributed by atoms with van der Waals surface area (Å²) in [4.78, 5) is 15.5. The number of aliphatic carboxylic acids is 1. The Kier molecular flexibility index (Phi) is 9.90. The summed E-state index contributed by atoms with van der Waals surface area (Å²) in [6.07, 6.45) is 4.38. The zero-order valence-corrected chi connectivity index (χ0v) is 18.8. The fourth-order valence-corrected chi connectivity index (χ4v) is 3.48. The molecular weight excluding hydrogens is 443 g/mol. The molecule has 0 spiro atoms. The highest BCUT2D eigenvalue weighted by molar-refractivity contribution is 8.13. The minimum atomic E-state index is -4.36. The highest BCUT2D eigenvalue weighted by atomic mass is 32.2. The Morgan fingerprint density at radius 2 is 2.03 bits per heavy atom. The molecule has 1 aliphatic rings. The monoisotopic (exact) mass is 469 g/mol. The van der Waals surface area contributed by atoms with E-state index in [4.69, 9.17) is 14.6 Å². The molecule has 9 heteroatoms. The molecule has 0 heterocycles. The molecule has 0 bridgehead atoms.